The second-order valence-electron chi connectivity index (χ2n) is 7.48. The van der Waals surface area contributed by atoms with Gasteiger partial charge in [0.05, 0.1) is 5.56 Å². The van der Waals surface area contributed by atoms with Crippen LogP contribution in [0.4, 0.5) is 5.69 Å². The van der Waals surface area contributed by atoms with Crippen molar-refractivity contribution < 1.29 is 9.59 Å². The van der Waals surface area contributed by atoms with Crippen LogP contribution in [0.15, 0.2) is 71.8 Å². The molecule has 8 heteroatoms. The maximum absolute atomic E-state index is 13.1. The number of hydrogen-bond donors (Lipinski definition) is 2. The molecule has 4 aromatic rings. The van der Waals surface area contributed by atoms with Gasteiger partial charge in [0.1, 0.15) is 18.4 Å². The molecule has 2 amide bonds. The standard InChI is InChI=1S/C24H23N5O3/c1-16-21(23(31)25-13-18-9-5-3-6-10-18)17(2)28-15-26-29(24(32)22(16)28)14-20(30)27-19-11-7-4-8-12-19/h3-12,15H,13-14H2,1-2H3,(H,25,31)(H,27,30). The number of carbonyl (C=O) groups excluding carboxylic acids is 2. The summed E-state index contributed by atoms with van der Waals surface area (Å²) in [4.78, 5) is 38.3. The molecule has 0 bridgehead atoms. The number of para-hydroxylation sites is 1. The molecule has 2 aromatic carbocycles. The van der Waals surface area contributed by atoms with Gasteiger partial charge in [-0.15, -0.1) is 0 Å². The molecule has 0 saturated carbocycles. The smallest absolute Gasteiger partial charge is 0.291 e. The minimum Gasteiger partial charge on any atom is -0.348 e. The number of nitrogens with zero attached hydrogens (tertiary/aromatic N) is 3. The summed E-state index contributed by atoms with van der Waals surface area (Å²) in [5.74, 6) is -0.628. The first-order valence-electron chi connectivity index (χ1n) is 10.2. The second-order valence-corrected chi connectivity index (χ2v) is 7.48. The Labute approximate surface area is 184 Å². The van der Waals surface area contributed by atoms with Crippen molar-refractivity contribution >= 4 is 23.0 Å². The van der Waals surface area contributed by atoms with Crippen molar-refractivity contribution in [2.24, 2.45) is 0 Å². The Bertz CT molecular complexity index is 1340. The van der Waals surface area contributed by atoms with Crippen molar-refractivity contribution in [3.05, 3.63) is 99.7 Å². The van der Waals surface area contributed by atoms with Crippen molar-refractivity contribution in [3.8, 4) is 0 Å². The third-order valence-electron chi connectivity index (χ3n) is 5.31. The van der Waals surface area contributed by atoms with Gasteiger partial charge in [0.15, 0.2) is 0 Å². The molecule has 0 aliphatic rings. The van der Waals surface area contributed by atoms with Gasteiger partial charge in [-0.1, -0.05) is 48.5 Å². The van der Waals surface area contributed by atoms with Crippen LogP contribution in [0.25, 0.3) is 5.52 Å². The first-order chi connectivity index (χ1) is 15.5. The predicted molar refractivity (Wildman–Crippen MR) is 122 cm³/mol. The van der Waals surface area contributed by atoms with E-state index in [0.29, 0.717) is 34.6 Å². The Morgan fingerprint density at radius 3 is 2.31 bits per heavy atom. The summed E-state index contributed by atoms with van der Waals surface area (Å²) in [5.41, 5.74) is 3.12. The number of anilines is 1. The maximum Gasteiger partial charge on any atom is 0.291 e. The highest BCUT2D eigenvalue weighted by atomic mass is 16.2. The monoisotopic (exact) mass is 429 g/mol. The molecule has 32 heavy (non-hydrogen) atoms. The van der Waals surface area contributed by atoms with Crippen LogP contribution >= 0.6 is 0 Å². The third-order valence-corrected chi connectivity index (χ3v) is 5.31. The highest BCUT2D eigenvalue weighted by Gasteiger charge is 2.22. The molecular formula is C24H23N5O3. The van der Waals surface area contributed by atoms with Gasteiger partial charge in [0.2, 0.25) is 5.91 Å². The average molecular weight is 429 g/mol. The molecule has 0 aliphatic carbocycles. The molecule has 0 unspecified atom stereocenters. The predicted octanol–water partition coefficient (Wildman–Crippen LogP) is 2.68. The van der Waals surface area contributed by atoms with E-state index >= 15 is 0 Å². The van der Waals surface area contributed by atoms with E-state index in [1.165, 1.54) is 6.33 Å². The van der Waals surface area contributed by atoms with Crippen LogP contribution in [0, 0.1) is 13.8 Å². The van der Waals surface area contributed by atoms with Crippen molar-refractivity contribution in [2.75, 3.05) is 5.32 Å². The molecule has 4 rings (SSSR count). The molecule has 0 spiro atoms. The van der Waals surface area contributed by atoms with Gasteiger partial charge in [0, 0.05) is 17.9 Å². The fourth-order valence-electron chi connectivity index (χ4n) is 3.73. The van der Waals surface area contributed by atoms with Crippen LogP contribution in [0.2, 0.25) is 0 Å². The van der Waals surface area contributed by atoms with Gasteiger partial charge in [-0.25, -0.2) is 4.68 Å². The molecular weight excluding hydrogens is 406 g/mol. The Kier molecular flexibility index (Phi) is 5.85. The number of benzene rings is 2. The van der Waals surface area contributed by atoms with Crippen LogP contribution in [-0.2, 0) is 17.9 Å². The lowest BCUT2D eigenvalue weighted by atomic mass is 10.1. The largest absolute Gasteiger partial charge is 0.348 e. The zero-order valence-corrected chi connectivity index (χ0v) is 17.8. The lowest BCUT2D eigenvalue weighted by Gasteiger charge is -2.07. The van der Waals surface area contributed by atoms with E-state index in [1.807, 2.05) is 48.5 Å². The lowest BCUT2D eigenvalue weighted by Crippen LogP contribution is -2.30. The fraction of sp³-hybridized carbons (Fsp3) is 0.167. The number of aryl methyl sites for hydroxylation is 2. The van der Waals surface area contributed by atoms with Crippen molar-refractivity contribution in [1.82, 2.24) is 19.5 Å². The topological polar surface area (TPSA) is 97.5 Å². The summed E-state index contributed by atoms with van der Waals surface area (Å²) in [6.45, 7) is 3.65. The summed E-state index contributed by atoms with van der Waals surface area (Å²) in [6.07, 6.45) is 1.46. The Morgan fingerprint density at radius 1 is 0.969 bits per heavy atom. The summed E-state index contributed by atoms with van der Waals surface area (Å²) >= 11 is 0. The van der Waals surface area contributed by atoms with E-state index in [-0.39, 0.29) is 18.4 Å². The number of amides is 2. The number of nitrogens with one attached hydrogen (secondary N) is 2. The molecule has 0 atom stereocenters. The van der Waals surface area contributed by atoms with Crippen LogP contribution in [-0.4, -0.2) is 26.0 Å². The van der Waals surface area contributed by atoms with E-state index < -0.39 is 5.56 Å². The maximum atomic E-state index is 13.1. The zero-order chi connectivity index (χ0) is 22.7. The zero-order valence-electron chi connectivity index (χ0n) is 17.8. The van der Waals surface area contributed by atoms with E-state index in [4.69, 9.17) is 0 Å². The van der Waals surface area contributed by atoms with Gasteiger partial charge >= 0.3 is 0 Å². The highest BCUT2D eigenvalue weighted by molar-refractivity contribution is 5.99. The van der Waals surface area contributed by atoms with Gasteiger partial charge in [-0.2, -0.15) is 5.10 Å². The lowest BCUT2D eigenvalue weighted by molar-refractivity contribution is -0.117. The second kappa shape index (κ2) is 8.89. The third kappa shape index (κ3) is 4.15. The fourth-order valence-corrected chi connectivity index (χ4v) is 3.73. The Hall–Kier alpha value is -4.20. The minimum atomic E-state index is -0.432. The molecule has 2 aromatic heterocycles. The van der Waals surface area contributed by atoms with Gasteiger partial charge in [-0.05, 0) is 37.1 Å². The first-order valence-corrected chi connectivity index (χ1v) is 10.2. The van der Waals surface area contributed by atoms with E-state index in [2.05, 4.69) is 15.7 Å². The number of aromatic nitrogens is 3. The summed E-state index contributed by atoms with van der Waals surface area (Å²) in [7, 11) is 0. The van der Waals surface area contributed by atoms with Crippen molar-refractivity contribution in [3.63, 3.8) is 0 Å². The molecule has 8 nitrogen and oxygen atoms in total. The quantitative estimate of drug-likeness (QED) is 0.492. The van der Waals surface area contributed by atoms with Gasteiger partial charge in [-0.3, -0.25) is 18.8 Å². The molecule has 2 heterocycles. The van der Waals surface area contributed by atoms with E-state index in [1.54, 1.807) is 30.4 Å². The molecule has 0 aliphatic heterocycles. The molecule has 2 N–H and O–H groups in total. The Balaban J connectivity index is 1.59. The summed E-state index contributed by atoms with van der Waals surface area (Å²) < 4.78 is 2.70. The number of rotatable bonds is 6. The van der Waals surface area contributed by atoms with Crippen LogP contribution < -0.4 is 16.2 Å². The summed E-state index contributed by atoms with van der Waals surface area (Å²) in [5, 5.41) is 9.77. The van der Waals surface area contributed by atoms with Gasteiger partial charge < -0.3 is 10.6 Å². The normalized spacial score (nSPS) is 10.8. The SMILES string of the molecule is Cc1c(C(=O)NCc2ccccc2)c(C)n2cnn(CC(=O)Nc3ccccc3)c(=O)c12. The van der Waals surface area contributed by atoms with Crippen molar-refractivity contribution in [2.45, 2.75) is 26.9 Å². The number of fused-ring (bicyclic) bond motifs is 1. The van der Waals surface area contributed by atoms with Crippen molar-refractivity contribution in [1.29, 1.82) is 0 Å². The molecule has 162 valence electrons. The Morgan fingerprint density at radius 2 is 1.62 bits per heavy atom. The molecule has 0 saturated heterocycles. The number of hydrogen-bond acceptors (Lipinski definition) is 4. The minimum absolute atomic E-state index is 0.233. The molecule has 0 radical (unpaired) electrons. The first kappa shape index (κ1) is 21.0. The average Bonchev–Trinajstić information content (AvgIpc) is 3.05. The van der Waals surface area contributed by atoms with Gasteiger partial charge in [0.25, 0.3) is 11.5 Å². The molecule has 0 fully saturated rings. The number of carbonyl (C=O) groups is 2. The highest BCUT2D eigenvalue weighted by Crippen LogP contribution is 2.20. The van der Waals surface area contributed by atoms with Crippen LogP contribution in [0.1, 0.15) is 27.2 Å². The summed E-state index contributed by atoms with van der Waals surface area (Å²) in [6, 6.07) is 18.6. The van der Waals surface area contributed by atoms with E-state index in [9.17, 15) is 14.4 Å². The van der Waals surface area contributed by atoms with E-state index in [0.717, 1.165) is 10.2 Å². The van der Waals surface area contributed by atoms with Crippen LogP contribution in [0.5, 0.6) is 0 Å². The van der Waals surface area contributed by atoms with Crippen LogP contribution in [0.3, 0.4) is 0 Å².